The summed E-state index contributed by atoms with van der Waals surface area (Å²) >= 11 is 1.50. The SMILES string of the molecule is Cc1ccc2nc(SCC(=O)N3CCCCC3C)[nH]c2c1. The predicted molar refractivity (Wildman–Crippen MR) is 86.6 cm³/mol. The highest BCUT2D eigenvalue weighted by atomic mass is 32.2. The number of aromatic nitrogens is 2. The number of H-pyrrole nitrogens is 1. The molecule has 1 aliphatic heterocycles. The van der Waals surface area contributed by atoms with Gasteiger partial charge in [-0.1, -0.05) is 17.8 Å². The fourth-order valence-electron chi connectivity index (χ4n) is 2.85. The maximum Gasteiger partial charge on any atom is 0.233 e. The van der Waals surface area contributed by atoms with E-state index >= 15 is 0 Å². The van der Waals surface area contributed by atoms with Gasteiger partial charge >= 0.3 is 0 Å². The van der Waals surface area contributed by atoms with E-state index in [9.17, 15) is 4.79 Å². The van der Waals surface area contributed by atoms with Crippen LogP contribution in [0.3, 0.4) is 0 Å². The van der Waals surface area contributed by atoms with Crippen LogP contribution in [0.15, 0.2) is 23.4 Å². The summed E-state index contributed by atoms with van der Waals surface area (Å²) < 4.78 is 0. The molecule has 1 atom stereocenters. The van der Waals surface area contributed by atoms with E-state index in [1.54, 1.807) is 0 Å². The van der Waals surface area contributed by atoms with Crippen molar-refractivity contribution in [2.75, 3.05) is 12.3 Å². The van der Waals surface area contributed by atoms with E-state index in [4.69, 9.17) is 0 Å². The summed E-state index contributed by atoms with van der Waals surface area (Å²) in [7, 11) is 0. The van der Waals surface area contributed by atoms with E-state index in [1.807, 2.05) is 11.0 Å². The number of likely N-dealkylation sites (tertiary alicyclic amines) is 1. The Labute approximate surface area is 129 Å². The van der Waals surface area contributed by atoms with Gasteiger partial charge in [-0.3, -0.25) is 4.79 Å². The Morgan fingerprint density at radius 3 is 3.14 bits per heavy atom. The van der Waals surface area contributed by atoms with Crippen molar-refractivity contribution in [3.05, 3.63) is 23.8 Å². The van der Waals surface area contributed by atoms with Gasteiger partial charge in [-0.15, -0.1) is 0 Å². The summed E-state index contributed by atoms with van der Waals surface area (Å²) in [5.74, 6) is 0.687. The van der Waals surface area contributed by atoms with Crippen molar-refractivity contribution in [2.24, 2.45) is 0 Å². The van der Waals surface area contributed by atoms with E-state index in [-0.39, 0.29) is 5.91 Å². The third-order valence-electron chi connectivity index (χ3n) is 4.07. The van der Waals surface area contributed by atoms with Crippen LogP contribution in [-0.2, 0) is 4.79 Å². The molecule has 0 spiro atoms. The second kappa shape index (κ2) is 6.10. The van der Waals surface area contributed by atoms with Crippen molar-refractivity contribution >= 4 is 28.7 Å². The molecule has 3 rings (SSSR count). The first-order valence-corrected chi connectivity index (χ1v) is 8.50. The highest BCUT2D eigenvalue weighted by molar-refractivity contribution is 7.99. The molecule has 1 fully saturated rings. The van der Waals surface area contributed by atoms with Crippen LogP contribution in [-0.4, -0.2) is 39.1 Å². The maximum absolute atomic E-state index is 12.3. The molecule has 2 aromatic rings. The molecule has 2 heterocycles. The van der Waals surface area contributed by atoms with Gasteiger partial charge in [-0.2, -0.15) is 0 Å². The zero-order valence-electron chi connectivity index (χ0n) is 12.6. The van der Waals surface area contributed by atoms with Gasteiger partial charge in [0.2, 0.25) is 5.91 Å². The van der Waals surface area contributed by atoms with E-state index in [0.29, 0.717) is 11.8 Å². The van der Waals surface area contributed by atoms with E-state index in [1.165, 1.54) is 23.7 Å². The lowest BCUT2D eigenvalue weighted by atomic mass is 10.0. The molecular weight excluding hydrogens is 282 g/mol. The number of benzene rings is 1. The van der Waals surface area contributed by atoms with Crippen LogP contribution in [0.5, 0.6) is 0 Å². The zero-order valence-corrected chi connectivity index (χ0v) is 13.4. The first kappa shape index (κ1) is 14.4. The molecule has 1 unspecified atom stereocenters. The fraction of sp³-hybridized carbons (Fsp3) is 0.500. The van der Waals surface area contributed by atoms with E-state index < -0.39 is 0 Å². The molecule has 0 radical (unpaired) electrons. The Morgan fingerprint density at radius 1 is 1.48 bits per heavy atom. The molecule has 1 amide bonds. The molecule has 1 aromatic carbocycles. The molecule has 0 bridgehead atoms. The van der Waals surface area contributed by atoms with Gasteiger partial charge in [0, 0.05) is 12.6 Å². The average molecular weight is 303 g/mol. The molecule has 5 heteroatoms. The first-order chi connectivity index (χ1) is 10.1. The minimum absolute atomic E-state index is 0.226. The Morgan fingerprint density at radius 2 is 2.33 bits per heavy atom. The number of imidazole rings is 1. The van der Waals surface area contributed by atoms with Crippen molar-refractivity contribution in [1.82, 2.24) is 14.9 Å². The third kappa shape index (κ3) is 3.23. The number of piperidine rings is 1. The number of carbonyl (C=O) groups excluding carboxylic acids is 1. The quantitative estimate of drug-likeness (QED) is 0.885. The monoisotopic (exact) mass is 303 g/mol. The summed E-state index contributed by atoms with van der Waals surface area (Å²) in [5, 5.41) is 0.827. The number of nitrogens with one attached hydrogen (secondary N) is 1. The van der Waals surface area contributed by atoms with Crippen molar-refractivity contribution in [3.63, 3.8) is 0 Å². The normalized spacial score (nSPS) is 19.1. The van der Waals surface area contributed by atoms with Gasteiger partial charge in [-0.05, 0) is 50.8 Å². The summed E-state index contributed by atoms with van der Waals surface area (Å²) in [5.41, 5.74) is 3.21. The molecule has 1 aliphatic rings. The number of rotatable bonds is 3. The number of aryl methyl sites for hydroxylation is 1. The van der Waals surface area contributed by atoms with Crippen molar-refractivity contribution in [3.8, 4) is 0 Å². The largest absolute Gasteiger partial charge is 0.339 e. The molecular formula is C16H21N3OS. The first-order valence-electron chi connectivity index (χ1n) is 7.52. The number of amides is 1. The minimum Gasteiger partial charge on any atom is -0.339 e. The van der Waals surface area contributed by atoms with Gasteiger partial charge < -0.3 is 9.88 Å². The van der Waals surface area contributed by atoms with E-state index in [2.05, 4.69) is 35.9 Å². The van der Waals surface area contributed by atoms with Crippen LogP contribution in [0.2, 0.25) is 0 Å². The highest BCUT2D eigenvalue weighted by Gasteiger charge is 2.23. The van der Waals surface area contributed by atoms with Crippen LogP contribution in [0.4, 0.5) is 0 Å². The van der Waals surface area contributed by atoms with Crippen LogP contribution in [0.25, 0.3) is 11.0 Å². The number of nitrogens with zero attached hydrogens (tertiary/aromatic N) is 2. The molecule has 112 valence electrons. The van der Waals surface area contributed by atoms with Gasteiger partial charge in [-0.25, -0.2) is 4.98 Å². The van der Waals surface area contributed by atoms with Crippen LogP contribution in [0, 0.1) is 6.92 Å². The molecule has 1 saturated heterocycles. The lowest BCUT2D eigenvalue weighted by Gasteiger charge is -2.33. The second-order valence-electron chi connectivity index (χ2n) is 5.78. The smallest absolute Gasteiger partial charge is 0.233 e. The van der Waals surface area contributed by atoms with Crippen LogP contribution >= 0.6 is 11.8 Å². The van der Waals surface area contributed by atoms with Crippen molar-refractivity contribution < 1.29 is 4.79 Å². The van der Waals surface area contributed by atoms with Gasteiger partial charge in [0.25, 0.3) is 0 Å². The molecule has 1 N–H and O–H groups in total. The standard InChI is InChI=1S/C16H21N3OS/c1-11-6-7-13-14(9-11)18-16(17-13)21-10-15(20)19-8-4-3-5-12(19)2/h6-7,9,12H,3-5,8,10H2,1-2H3,(H,17,18). The number of thioether (sulfide) groups is 1. The Balaban J connectivity index is 1.64. The lowest BCUT2D eigenvalue weighted by Crippen LogP contribution is -2.42. The van der Waals surface area contributed by atoms with Crippen molar-refractivity contribution in [1.29, 1.82) is 0 Å². The second-order valence-corrected chi connectivity index (χ2v) is 6.75. The number of hydrogen-bond acceptors (Lipinski definition) is 3. The Hall–Kier alpha value is -1.49. The highest BCUT2D eigenvalue weighted by Crippen LogP contribution is 2.22. The summed E-state index contributed by atoms with van der Waals surface area (Å²) in [6, 6.07) is 6.53. The molecule has 0 aliphatic carbocycles. The molecule has 1 aromatic heterocycles. The molecule has 0 saturated carbocycles. The fourth-order valence-corrected chi connectivity index (χ4v) is 3.62. The molecule has 4 nitrogen and oxygen atoms in total. The number of fused-ring (bicyclic) bond motifs is 1. The summed E-state index contributed by atoms with van der Waals surface area (Å²) in [4.78, 5) is 22.1. The zero-order chi connectivity index (χ0) is 14.8. The van der Waals surface area contributed by atoms with Gasteiger partial charge in [0.1, 0.15) is 0 Å². The topological polar surface area (TPSA) is 49.0 Å². The number of hydrogen-bond donors (Lipinski definition) is 1. The maximum atomic E-state index is 12.3. The Bertz CT molecular complexity index is 652. The lowest BCUT2D eigenvalue weighted by molar-refractivity contribution is -0.131. The average Bonchev–Trinajstić information content (AvgIpc) is 2.87. The Kier molecular flexibility index (Phi) is 4.19. The molecule has 21 heavy (non-hydrogen) atoms. The predicted octanol–water partition coefficient (Wildman–Crippen LogP) is 3.36. The van der Waals surface area contributed by atoms with Crippen molar-refractivity contribution in [2.45, 2.75) is 44.3 Å². The van der Waals surface area contributed by atoms with Crippen LogP contribution < -0.4 is 0 Å². The minimum atomic E-state index is 0.226. The summed E-state index contributed by atoms with van der Waals surface area (Å²) in [6.07, 6.45) is 3.49. The van der Waals surface area contributed by atoms with Gasteiger partial charge in [0.15, 0.2) is 5.16 Å². The third-order valence-corrected chi connectivity index (χ3v) is 4.93. The number of carbonyl (C=O) groups is 1. The van der Waals surface area contributed by atoms with Gasteiger partial charge in [0.05, 0.1) is 16.8 Å². The van der Waals surface area contributed by atoms with E-state index in [0.717, 1.165) is 35.6 Å². The number of aromatic amines is 1. The summed E-state index contributed by atoms with van der Waals surface area (Å²) in [6.45, 7) is 5.11. The van der Waals surface area contributed by atoms with Crippen LogP contribution in [0.1, 0.15) is 31.7 Å².